The maximum absolute atomic E-state index is 9.79. The summed E-state index contributed by atoms with van der Waals surface area (Å²) in [4.78, 5) is 9.79. The number of halogens is 1. The molecule has 0 unspecified atom stereocenters. The predicted molar refractivity (Wildman–Crippen MR) is 24.9 cm³/mol. The van der Waals surface area contributed by atoms with E-state index in [1.165, 1.54) is 0 Å². The van der Waals surface area contributed by atoms with Crippen LogP contribution < -0.4 is 5.32 Å². The highest BCUT2D eigenvalue weighted by Crippen LogP contribution is 1.85. The van der Waals surface area contributed by atoms with Gasteiger partial charge in [-0.25, -0.2) is 0 Å². The molecule has 0 aromatic carbocycles. The molecule has 0 atom stereocenters. The minimum Gasteiger partial charge on any atom is -0.356 e. The minimum absolute atomic E-state index is 0. The van der Waals surface area contributed by atoms with Crippen molar-refractivity contribution in [2.45, 2.75) is 6.42 Å². The lowest BCUT2D eigenvalue weighted by molar-refractivity contribution is -0.125. The van der Waals surface area contributed by atoms with Gasteiger partial charge in [0, 0.05) is 13.0 Å². The highest BCUT2D eigenvalue weighted by Gasteiger charge is 2.07. The van der Waals surface area contributed by atoms with Crippen LogP contribution in [0.1, 0.15) is 6.42 Å². The molecule has 36 valence electrons. The molecule has 0 saturated carbocycles. The van der Waals surface area contributed by atoms with Gasteiger partial charge in [0.25, 0.3) is 0 Å². The number of nitrogens with one attached hydrogen (secondary N) is 1. The van der Waals surface area contributed by atoms with Crippen LogP contribution in [0.2, 0.25) is 0 Å². The maximum atomic E-state index is 9.79. The molecule has 0 bridgehead atoms. The van der Waals surface area contributed by atoms with Crippen molar-refractivity contribution in [3.8, 4) is 0 Å². The van der Waals surface area contributed by atoms with E-state index in [1.807, 2.05) is 0 Å². The topological polar surface area (TPSA) is 29.1 Å². The van der Waals surface area contributed by atoms with Gasteiger partial charge in [0.15, 0.2) is 0 Å². The fourth-order valence-electron chi connectivity index (χ4n) is 0.227. The van der Waals surface area contributed by atoms with Crippen LogP contribution in [-0.2, 0) is 4.79 Å². The lowest BCUT2D eigenvalue weighted by atomic mass is 10.3. The zero-order valence-corrected chi connectivity index (χ0v) is 4.05. The first-order chi connectivity index (χ1) is 2.39. The van der Waals surface area contributed by atoms with Crippen LogP contribution in [-0.4, -0.2) is 12.5 Å². The number of carbonyl (C=O) groups excluding carboxylic acids is 1. The summed E-state index contributed by atoms with van der Waals surface area (Å²) in [7, 11) is 0. The molecule has 1 heterocycles. The lowest BCUT2D eigenvalue weighted by Gasteiger charge is -2.10. The molecule has 1 fully saturated rings. The average molecular weight is 108 g/mol. The summed E-state index contributed by atoms with van der Waals surface area (Å²) in [5.41, 5.74) is 0. The fourth-order valence-corrected chi connectivity index (χ4v) is 0.227. The van der Waals surface area contributed by atoms with Crippen molar-refractivity contribution in [1.29, 1.82) is 0 Å². The van der Waals surface area contributed by atoms with E-state index in [-0.39, 0.29) is 18.3 Å². The summed E-state index contributed by atoms with van der Waals surface area (Å²) in [6, 6.07) is 0. The quantitative estimate of drug-likeness (QED) is 0.432. The molecule has 1 rings (SSSR count). The Hall–Kier alpha value is -0.240. The average Bonchev–Trinajstić information content (AvgIpc) is 1.30. The lowest BCUT2D eigenvalue weighted by Crippen LogP contribution is -2.37. The maximum Gasteiger partial charge on any atom is 0.221 e. The van der Waals surface area contributed by atoms with E-state index < -0.39 is 0 Å². The van der Waals surface area contributed by atoms with Crippen molar-refractivity contribution >= 4 is 18.3 Å². The third-order valence-corrected chi connectivity index (χ3v) is 0.674. The monoisotopic (exact) mass is 107 g/mol. The molecule has 6 heavy (non-hydrogen) atoms. The molecule has 0 radical (unpaired) electrons. The van der Waals surface area contributed by atoms with E-state index in [2.05, 4.69) is 5.32 Å². The van der Waals surface area contributed by atoms with Gasteiger partial charge in [-0.15, -0.1) is 12.4 Å². The number of hydrogen-bond acceptors (Lipinski definition) is 1. The largest absolute Gasteiger partial charge is 0.356 e. The number of hydrogen-bond donors (Lipinski definition) is 1. The summed E-state index contributed by atoms with van der Waals surface area (Å²) in [5, 5.41) is 2.57. The second-order valence-corrected chi connectivity index (χ2v) is 1.10. The van der Waals surface area contributed by atoms with Crippen LogP contribution in [0.3, 0.4) is 0 Å². The normalized spacial score (nSPS) is 17.0. The molecular formula is C3H6ClNO. The van der Waals surface area contributed by atoms with E-state index in [1.54, 1.807) is 0 Å². The van der Waals surface area contributed by atoms with Crippen LogP contribution >= 0.6 is 12.4 Å². The molecule has 0 spiro atoms. The fraction of sp³-hybridized carbons (Fsp3) is 0.667. The molecule has 0 aromatic rings. The van der Waals surface area contributed by atoms with Crippen molar-refractivity contribution in [3.05, 3.63) is 0 Å². The van der Waals surface area contributed by atoms with E-state index in [0.29, 0.717) is 0 Å². The van der Waals surface area contributed by atoms with E-state index in [9.17, 15) is 4.79 Å². The molecule has 1 aliphatic rings. The van der Waals surface area contributed by atoms with Crippen molar-refractivity contribution in [2.24, 2.45) is 0 Å². The first kappa shape index (κ1) is 5.76. The van der Waals surface area contributed by atoms with Gasteiger partial charge in [-0.3, -0.25) is 4.79 Å². The minimum atomic E-state index is 0. The summed E-state index contributed by atoms with van der Waals surface area (Å²) in [6.07, 6.45) is 0.736. The Morgan fingerprint density at radius 1 is 1.67 bits per heavy atom. The van der Waals surface area contributed by atoms with Crippen LogP contribution in [0.25, 0.3) is 0 Å². The van der Waals surface area contributed by atoms with Gasteiger partial charge in [0.2, 0.25) is 5.91 Å². The van der Waals surface area contributed by atoms with Crippen LogP contribution in [0, 0.1) is 0 Å². The Balaban J connectivity index is 0.000000250. The molecule has 3 heteroatoms. The predicted octanol–water partition coefficient (Wildman–Crippen LogP) is -0.0719. The number of amides is 1. The summed E-state index contributed by atoms with van der Waals surface area (Å²) in [5.74, 6) is 0.185. The second-order valence-electron chi connectivity index (χ2n) is 1.10. The highest BCUT2D eigenvalue weighted by molar-refractivity contribution is 5.85. The smallest absolute Gasteiger partial charge is 0.221 e. The molecule has 1 saturated heterocycles. The van der Waals surface area contributed by atoms with Crippen molar-refractivity contribution < 1.29 is 4.79 Å². The van der Waals surface area contributed by atoms with Gasteiger partial charge in [-0.2, -0.15) is 0 Å². The zero-order valence-electron chi connectivity index (χ0n) is 3.23. The van der Waals surface area contributed by atoms with Gasteiger partial charge in [0.05, 0.1) is 0 Å². The van der Waals surface area contributed by atoms with Crippen LogP contribution in [0.5, 0.6) is 0 Å². The Morgan fingerprint density at radius 3 is 2.00 bits per heavy atom. The second kappa shape index (κ2) is 2.03. The van der Waals surface area contributed by atoms with Gasteiger partial charge in [-0.05, 0) is 0 Å². The highest BCUT2D eigenvalue weighted by atomic mass is 35.5. The molecule has 0 aromatic heterocycles. The summed E-state index contributed by atoms with van der Waals surface area (Å²) >= 11 is 0. The molecule has 1 N–H and O–H groups in total. The SMILES string of the molecule is Cl.O=C1CCN1. The Morgan fingerprint density at radius 2 is 2.00 bits per heavy atom. The van der Waals surface area contributed by atoms with Gasteiger partial charge < -0.3 is 5.32 Å². The Kier molecular flexibility index (Phi) is 1.95. The van der Waals surface area contributed by atoms with Crippen molar-refractivity contribution in [2.75, 3.05) is 6.54 Å². The Bertz CT molecular complexity index is 57.8. The molecule has 2 nitrogen and oxygen atoms in total. The van der Waals surface area contributed by atoms with Crippen molar-refractivity contribution in [3.63, 3.8) is 0 Å². The zero-order chi connectivity index (χ0) is 3.70. The van der Waals surface area contributed by atoms with E-state index >= 15 is 0 Å². The molecule has 0 aliphatic carbocycles. The first-order valence-corrected chi connectivity index (χ1v) is 1.66. The van der Waals surface area contributed by atoms with Crippen molar-refractivity contribution in [1.82, 2.24) is 5.32 Å². The third-order valence-electron chi connectivity index (χ3n) is 0.674. The standard InChI is InChI=1S/C3H5NO.ClH/c5-3-1-2-4-3;/h1-2H2,(H,4,5);1H. The van der Waals surface area contributed by atoms with Gasteiger partial charge in [-0.1, -0.05) is 0 Å². The number of rotatable bonds is 0. The third kappa shape index (κ3) is 0.863. The van der Waals surface area contributed by atoms with E-state index in [4.69, 9.17) is 0 Å². The van der Waals surface area contributed by atoms with Crippen LogP contribution in [0.15, 0.2) is 0 Å². The number of carbonyl (C=O) groups is 1. The summed E-state index contributed by atoms with van der Waals surface area (Å²) < 4.78 is 0. The van der Waals surface area contributed by atoms with Gasteiger partial charge >= 0.3 is 0 Å². The molecular weight excluding hydrogens is 101 g/mol. The molecule has 1 amide bonds. The number of β-lactam (4-membered cyclic amide) rings is 1. The first-order valence-electron chi connectivity index (χ1n) is 1.66. The van der Waals surface area contributed by atoms with E-state index in [0.717, 1.165) is 13.0 Å². The van der Waals surface area contributed by atoms with Crippen LogP contribution in [0.4, 0.5) is 0 Å². The Labute approximate surface area is 42.3 Å². The summed E-state index contributed by atoms with van der Waals surface area (Å²) in [6.45, 7) is 0.888. The van der Waals surface area contributed by atoms with Gasteiger partial charge in [0.1, 0.15) is 0 Å². The molecule has 1 aliphatic heterocycles.